The highest BCUT2D eigenvalue weighted by Gasteiger charge is 2.27. The van der Waals surface area contributed by atoms with E-state index in [1.54, 1.807) is 43.3 Å². The van der Waals surface area contributed by atoms with E-state index in [0.29, 0.717) is 72.8 Å². The molecule has 2 amide bonds. The lowest BCUT2D eigenvalue weighted by atomic mass is 10.1. The second kappa shape index (κ2) is 11.9. The topological polar surface area (TPSA) is 156 Å². The van der Waals surface area contributed by atoms with E-state index >= 15 is 0 Å². The van der Waals surface area contributed by atoms with E-state index in [2.05, 4.69) is 31.0 Å². The molecule has 2 aromatic heterocycles. The summed E-state index contributed by atoms with van der Waals surface area (Å²) < 4.78 is 16.6. The smallest absolute Gasteiger partial charge is 0.361 e. The largest absolute Gasteiger partial charge is 0.488 e. The fourth-order valence-corrected chi connectivity index (χ4v) is 4.34. The van der Waals surface area contributed by atoms with Crippen molar-refractivity contribution in [2.75, 3.05) is 55.1 Å². The lowest BCUT2D eigenvalue weighted by Crippen LogP contribution is -2.37. The fourth-order valence-electron chi connectivity index (χ4n) is 4.34. The van der Waals surface area contributed by atoms with Crippen LogP contribution in [0.15, 0.2) is 36.4 Å². The molecule has 208 valence electrons. The molecule has 1 aliphatic heterocycles. The van der Waals surface area contributed by atoms with Gasteiger partial charge in [-0.05, 0) is 57.2 Å². The van der Waals surface area contributed by atoms with Crippen molar-refractivity contribution in [2.45, 2.75) is 20.8 Å². The summed E-state index contributed by atoms with van der Waals surface area (Å²) in [7, 11) is 0. The second-order valence-corrected chi connectivity index (χ2v) is 8.90. The monoisotopic (exact) mass is 546 g/mol. The molecule has 0 bridgehead atoms. The molecule has 3 heterocycles. The average Bonchev–Trinajstić information content (AvgIpc) is 3.46. The Kier molecular flexibility index (Phi) is 8.01. The zero-order chi connectivity index (χ0) is 28.1. The van der Waals surface area contributed by atoms with Gasteiger partial charge in [-0.3, -0.25) is 5.10 Å². The van der Waals surface area contributed by atoms with Crippen LogP contribution < -0.4 is 20.3 Å². The Balaban J connectivity index is 1.39. The number of carbonyl (C=O) groups excluding carboxylic acids is 2. The Hall–Kier alpha value is -4.78. The SMILES string of the molecule is CCOC(=O)c1nc(-c2ccc(NC(=O)Nc3ccc4[nH]nnc4c3C)cc2)nc(N2CCOCC2)c1OCC. The van der Waals surface area contributed by atoms with Gasteiger partial charge in [-0.1, -0.05) is 5.21 Å². The molecule has 1 saturated heterocycles. The number of fused-ring (bicyclic) bond motifs is 1. The first-order valence-corrected chi connectivity index (χ1v) is 13.0. The van der Waals surface area contributed by atoms with Crippen LogP contribution in [0.1, 0.15) is 29.9 Å². The van der Waals surface area contributed by atoms with Gasteiger partial charge in [0.1, 0.15) is 5.52 Å². The standard InChI is InChI=1S/C27H30N8O5/c1-4-39-23-22(26(36)40-5-2)30-24(31-25(23)35-12-14-38-15-13-35)17-6-8-18(9-7-17)28-27(37)29-19-10-11-20-21(16(19)3)33-34-32-20/h6-11H,4-5,12-15H2,1-3H3,(H2,28,29,37)(H,32,33,34). The van der Waals surface area contributed by atoms with Gasteiger partial charge in [0.2, 0.25) is 0 Å². The number of ether oxygens (including phenoxy) is 3. The average molecular weight is 547 g/mol. The van der Waals surface area contributed by atoms with Crippen LogP contribution in [-0.2, 0) is 9.47 Å². The number of morpholine rings is 1. The number of anilines is 3. The van der Waals surface area contributed by atoms with Gasteiger partial charge in [-0.15, -0.1) is 5.10 Å². The van der Waals surface area contributed by atoms with Gasteiger partial charge in [0.15, 0.2) is 23.1 Å². The Morgan fingerprint density at radius 1 is 1.02 bits per heavy atom. The summed E-state index contributed by atoms with van der Waals surface area (Å²) in [4.78, 5) is 36.9. The number of aromatic amines is 1. The Morgan fingerprint density at radius 2 is 1.80 bits per heavy atom. The van der Waals surface area contributed by atoms with E-state index in [0.717, 1.165) is 11.1 Å². The number of rotatable bonds is 8. The number of carbonyl (C=O) groups is 2. The maximum absolute atomic E-state index is 12.9. The maximum Gasteiger partial charge on any atom is 0.361 e. The Bertz CT molecular complexity index is 1520. The lowest BCUT2D eigenvalue weighted by molar-refractivity contribution is 0.0514. The van der Waals surface area contributed by atoms with Crippen LogP contribution in [0.3, 0.4) is 0 Å². The molecule has 13 nitrogen and oxygen atoms in total. The minimum atomic E-state index is -0.585. The first-order chi connectivity index (χ1) is 19.5. The number of benzene rings is 2. The second-order valence-electron chi connectivity index (χ2n) is 8.90. The molecule has 2 aromatic carbocycles. The summed E-state index contributed by atoms with van der Waals surface area (Å²) in [6, 6.07) is 10.2. The van der Waals surface area contributed by atoms with E-state index in [4.69, 9.17) is 19.2 Å². The van der Waals surface area contributed by atoms with Crippen molar-refractivity contribution in [1.82, 2.24) is 25.4 Å². The highest BCUT2D eigenvalue weighted by atomic mass is 16.5. The molecule has 0 aliphatic carbocycles. The third kappa shape index (κ3) is 5.64. The summed E-state index contributed by atoms with van der Waals surface area (Å²) in [5.41, 5.74) is 4.19. The number of urea groups is 1. The van der Waals surface area contributed by atoms with Gasteiger partial charge in [-0.2, -0.15) is 0 Å². The van der Waals surface area contributed by atoms with Crippen LogP contribution in [0.2, 0.25) is 0 Å². The molecule has 3 N–H and O–H groups in total. The molecule has 5 rings (SSSR count). The molecule has 0 spiro atoms. The zero-order valence-corrected chi connectivity index (χ0v) is 22.5. The van der Waals surface area contributed by atoms with E-state index in [1.807, 2.05) is 18.7 Å². The highest BCUT2D eigenvalue weighted by molar-refractivity contribution is 6.01. The molecular weight excluding hydrogens is 516 g/mol. The van der Waals surface area contributed by atoms with E-state index in [1.165, 1.54) is 0 Å². The minimum Gasteiger partial charge on any atom is -0.488 e. The highest BCUT2D eigenvalue weighted by Crippen LogP contribution is 2.33. The minimum absolute atomic E-state index is 0.0659. The number of hydrogen-bond donors (Lipinski definition) is 3. The molecular formula is C27H30N8O5. The molecule has 0 atom stereocenters. The number of H-pyrrole nitrogens is 1. The number of aryl methyl sites for hydroxylation is 1. The van der Waals surface area contributed by atoms with Gasteiger partial charge >= 0.3 is 12.0 Å². The van der Waals surface area contributed by atoms with Crippen molar-refractivity contribution >= 4 is 40.2 Å². The van der Waals surface area contributed by atoms with E-state index in [9.17, 15) is 9.59 Å². The van der Waals surface area contributed by atoms with Crippen molar-refractivity contribution < 1.29 is 23.8 Å². The van der Waals surface area contributed by atoms with Crippen LogP contribution in [0.25, 0.3) is 22.4 Å². The van der Waals surface area contributed by atoms with Crippen molar-refractivity contribution in [1.29, 1.82) is 0 Å². The fraction of sp³-hybridized carbons (Fsp3) is 0.333. The van der Waals surface area contributed by atoms with E-state index < -0.39 is 12.0 Å². The van der Waals surface area contributed by atoms with Crippen molar-refractivity contribution in [3.8, 4) is 17.1 Å². The summed E-state index contributed by atoms with van der Waals surface area (Å²) in [5.74, 6) is 0.554. The Morgan fingerprint density at radius 3 is 2.52 bits per heavy atom. The number of hydrogen-bond acceptors (Lipinski definition) is 10. The first-order valence-electron chi connectivity index (χ1n) is 13.0. The number of amides is 2. The van der Waals surface area contributed by atoms with Crippen LogP contribution in [-0.4, -0.2) is 76.9 Å². The molecule has 1 aliphatic rings. The van der Waals surface area contributed by atoms with Crippen molar-refractivity contribution in [2.24, 2.45) is 0 Å². The predicted octanol–water partition coefficient (Wildman–Crippen LogP) is 3.78. The normalized spacial score (nSPS) is 13.2. The van der Waals surface area contributed by atoms with Crippen LogP contribution in [0, 0.1) is 6.92 Å². The van der Waals surface area contributed by atoms with Gasteiger partial charge < -0.3 is 29.7 Å². The molecule has 0 unspecified atom stereocenters. The summed E-state index contributed by atoms with van der Waals surface area (Å²) in [5, 5.41) is 16.3. The van der Waals surface area contributed by atoms with Gasteiger partial charge in [0.25, 0.3) is 0 Å². The number of aromatic nitrogens is 5. The van der Waals surface area contributed by atoms with Gasteiger partial charge in [0.05, 0.1) is 31.9 Å². The first kappa shape index (κ1) is 26.8. The van der Waals surface area contributed by atoms with Crippen LogP contribution >= 0.6 is 0 Å². The summed E-state index contributed by atoms with van der Waals surface area (Å²) in [6.45, 7) is 8.23. The zero-order valence-electron chi connectivity index (χ0n) is 22.5. The third-order valence-electron chi connectivity index (χ3n) is 6.32. The summed E-state index contributed by atoms with van der Waals surface area (Å²) >= 11 is 0. The number of esters is 1. The van der Waals surface area contributed by atoms with Crippen LogP contribution in [0.5, 0.6) is 5.75 Å². The number of nitrogens with one attached hydrogen (secondary N) is 3. The molecule has 1 fully saturated rings. The molecule has 40 heavy (non-hydrogen) atoms. The molecule has 13 heteroatoms. The lowest BCUT2D eigenvalue weighted by Gasteiger charge is -2.29. The van der Waals surface area contributed by atoms with Crippen LogP contribution in [0.4, 0.5) is 22.0 Å². The maximum atomic E-state index is 12.9. The molecule has 4 aromatic rings. The number of nitrogens with zero attached hydrogens (tertiary/aromatic N) is 5. The van der Waals surface area contributed by atoms with Crippen molar-refractivity contribution in [3.05, 3.63) is 47.7 Å². The van der Waals surface area contributed by atoms with E-state index in [-0.39, 0.29) is 12.3 Å². The van der Waals surface area contributed by atoms with Gasteiger partial charge in [0, 0.05) is 35.6 Å². The summed E-state index contributed by atoms with van der Waals surface area (Å²) in [6.07, 6.45) is 0. The van der Waals surface area contributed by atoms with Gasteiger partial charge in [-0.25, -0.2) is 19.6 Å². The molecule has 0 radical (unpaired) electrons. The van der Waals surface area contributed by atoms with Crippen molar-refractivity contribution in [3.63, 3.8) is 0 Å². The molecule has 0 saturated carbocycles. The predicted molar refractivity (Wildman–Crippen MR) is 149 cm³/mol. The Labute approximate surface area is 230 Å². The third-order valence-corrected chi connectivity index (χ3v) is 6.32. The quantitative estimate of drug-likeness (QED) is 0.278.